The van der Waals surface area contributed by atoms with Crippen molar-refractivity contribution in [3.8, 4) is 0 Å². The third-order valence-electron chi connectivity index (χ3n) is 2.80. The summed E-state index contributed by atoms with van der Waals surface area (Å²) in [5.41, 5.74) is 0.0679. The standard InChI is InChI=1S/C12H26O/c1-9(2)7-8-12(5,6)11(13)10(3)4/h9-11,13H,7-8H2,1-6H3. The maximum atomic E-state index is 9.97. The number of aliphatic hydroxyl groups is 1. The molecule has 1 N–H and O–H groups in total. The van der Waals surface area contributed by atoms with Gasteiger partial charge in [-0.2, -0.15) is 0 Å². The van der Waals surface area contributed by atoms with Crippen LogP contribution in [0.2, 0.25) is 0 Å². The van der Waals surface area contributed by atoms with Crippen molar-refractivity contribution in [1.82, 2.24) is 0 Å². The van der Waals surface area contributed by atoms with Crippen LogP contribution in [0, 0.1) is 17.3 Å². The van der Waals surface area contributed by atoms with Crippen LogP contribution in [0.15, 0.2) is 0 Å². The Kier molecular flexibility index (Phi) is 4.98. The molecule has 80 valence electrons. The molecule has 0 amide bonds. The molecule has 1 atom stereocenters. The Morgan fingerprint density at radius 2 is 1.54 bits per heavy atom. The second kappa shape index (κ2) is 4.99. The van der Waals surface area contributed by atoms with Gasteiger partial charge in [-0.25, -0.2) is 0 Å². The molecule has 0 heterocycles. The predicted molar refractivity (Wildman–Crippen MR) is 58.7 cm³/mol. The summed E-state index contributed by atoms with van der Waals surface area (Å²) in [7, 11) is 0. The molecule has 13 heavy (non-hydrogen) atoms. The summed E-state index contributed by atoms with van der Waals surface area (Å²) in [4.78, 5) is 0. The van der Waals surface area contributed by atoms with Crippen molar-refractivity contribution in [1.29, 1.82) is 0 Å². The summed E-state index contributed by atoms with van der Waals surface area (Å²) in [5, 5.41) is 9.97. The van der Waals surface area contributed by atoms with E-state index in [-0.39, 0.29) is 11.5 Å². The quantitative estimate of drug-likeness (QED) is 0.697. The zero-order valence-electron chi connectivity index (χ0n) is 10.1. The predicted octanol–water partition coefficient (Wildman–Crippen LogP) is 3.47. The number of rotatable bonds is 5. The van der Waals surface area contributed by atoms with Crippen molar-refractivity contribution in [2.45, 2.75) is 60.5 Å². The van der Waals surface area contributed by atoms with Crippen molar-refractivity contribution >= 4 is 0 Å². The van der Waals surface area contributed by atoms with Crippen LogP contribution >= 0.6 is 0 Å². The van der Waals surface area contributed by atoms with Crippen LogP contribution in [0.5, 0.6) is 0 Å². The van der Waals surface area contributed by atoms with E-state index in [4.69, 9.17) is 0 Å². The van der Waals surface area contributed by atoms with Gasteiger partial charge in [-0.05, 0) is 23.7 Å². The highest BCUT2D eigenvalue weighted by Gasteiger charge is 2.29. The van der Waals surface area contributed by atoms with Crippen LogP contribution in [-0.2, 0) is 0 Å². The molecule has 0 aliphatic rings. The van der Waals surface area contributed by atoms with Crippen LogP contribution in [0.3, 0.4) is 0 Å². The van der Waals surface area contributed by atoms with E-state index in [1.165, 1.54) is 6.42 Å². The SMILES string of the molecule is CC(C)CCC(C)(C)C(O)C(C)C. The summed E-state index contributed by atoms with van der Waals surface area (Å²) in [6, 6.07) is 0. The van der Waals surface area contributed by atoms with E-state index in [1.807, 2.05) is 0 Å². The van der Waals surface area contributed by atoms with Gasteiger partial charge < -0.3 is 5.11 Å². The van der Waals surface area contributed by atoms with Crippen molar-refractivity contribution in [3.05, 3.63) is 0 Å². The number of aliphatic hydroxyl groups excluding tert-OH is 1. The molecule has 0 fully saturated rings. The van der Waals surface area contributed by atoms with Gasteiger partial charge in [0.05, 0.1) is 6.10 Å². The number of hydrogen-bond acceptors (Lipinski definition) is 1. The highest BCUT2D eigenvalue weighted by atomic mass is 16.3. The Morgan fingerprint density at radius 3 is 1.85 bits per heavy atom. The van der Waals surface area contributed by atoms with Gasteiger partial charge >= 0.3 is 0 Å². The average Bonchev–Trinajstić information content (AvgIpc) is 1.99. The highest BCUT2D eigenvalue weighted by Crippen LogP contribution is 2.32. The summed E-state index contributed by atoms with van der Waals surface area (Å²) >= 11 is 0. The maximum Gasteiger partial charge on any atom is 0.0614 e. The van der Waals surface area contributed by atoms with Gasteiger partial charge in [0.2, 0.25) is 0 Å². The molecule has 0 aliphatic heterocycles. The van der Waals surface area contributed by atoms with Gasteiger partial charge in [0.15, 0.2) is 0 Å². The van der Waals surface area contributed by atoms with Crippen LogP contribution in [0.1, 0.15) is 54.4 Å². The van der Waals surface area contributed by atoms with Crippen LogP contribution in [-0.4, -0.2) is 11.2 Å². The summed E-state index contributed by atoms with van der Waals surface area (Å²) in [6.45, 7) is 13.0. The summed E-state index contributed by atoms with van der Waals surface area (Å²) in [6.07, 6.45) is 2.15. The minimum atomic E-state index is -0.175. The van der Waals surface area contributed by atoms with Crippen molar-refractivity contribution in [3.63, 3.8) is 0 Å². The van der Waals surface area contributed by atoms with E-state index in [2.05, 4.69) is 41.5 Å². The minimum Gasteiger partial charge on any atom is -0.392 e. The van der Waals surface area contributed by atoms with E-state index >= 15 is 0 Å². The first kappa shape index (κ1) is 13.0. The lowest BCUT2D eigenvalue weighted by Gasteiger charge is -2.33. The Morgan fingerprint density at radius 1 is 1.08 bits per heavy atom. The number of hydrogen-bond donors (Lipinski definition) is 1. The molecule has 0 aromatic heterocycles. The van der Waals surface area contributed by atoms with Crippen LogP contribution in [0.25, 0.3) is 0 Å². The fourth-order valence-electron chi connectivity index (χ4n) is 1.71. The smallest absolute Gasteiger partial charge is 0.0614 e. The molecule has 1 heteroatoms. The van der Waals surface area contributed by atoms with Crippen molar-refractivity contribution < 1.29 is 5.11 Å². The second-order valence-electron chi connectivity index (χ2n) is 5.61. The third kappa shape index (κ3) is 4.66. The van der Waals surface area contributed by atoms with Crippen LogP contribution < -0.4 is 0 Å². The highest BCUT2D eigenvalue weighted by molar-refractivity contribution is 4.80. The molecule has 0 aliphatic carbocycles. The van der Waals surface area contributed by atoms with Crippen molar-refractivity contribution in [2.24, 2.45) is 17.3 Å². The molecule has 0 rings (SSSR count). The third-order valence-corrected chi connectivity index (χ3v) is 2.80. The molecule has 1 unspecified atom stereocenters. The van der Waals surface area contributed by atoms with Gasteiger partial charge in [0, 0.05) is 0 Å². The summed E-state index contributed by atoms with van der Waals surface area (Å²) in [5.74, 6) is 1.10. The lowest BCUT2D eigenvalue weighted by molar-refractivity contribution is 0.00518. The van der Waals surface area contributed by atoms with E-state index in [9.17, 15) is 5.11 Å². The first-order valence-corrected chi connectivity index (χ1v) is 5.45. The molecule has 1 nitrogen and oxygen atoms in total. The van der Waals surface area contributed by atoms with E-state index < -0.39 is 0 Å². The van der Waals surface area contributed by atoms with Gasteiger partial charge in [-0.3, -0.25) is 0 Å². The fraction of sp³-hybridized carbons (Fsp3) is 1.00. The van der Waals surface area contributed by atoms with E-state index in [1.54, 1.807) is 0 Å². The molecule has 0 bridgehead atoms. The normalized spacial score (nSPS) is 15.5. The Labute approximate surface area is 83.5 Å². The monoisotopic (exact) mass is 186 g/mol. The molecule has 0 saturated carbocycles. The molecule has 0 spiro atoms. The van der Waals surface area contributed by atoms with E-state index in [0.717, 1.165) is 12.3 Å². The molecule has 0 radical (unpaired) electrons. The van der Waals surface area contributed by atoms with Gasteiger partial charge in [0.25, 0.3) is 0 Å². The fourth-order valence-corrected chi connectivity index (χ4v) is 1.71. The molecule has 0 aromatic carbocycles. The molecular formula is C12H26O. The van der Waals surface area contributed by atoms with Crippen molar-refractivity contribution in [2.75, 3.05) is 0 Å². The Bertz CT molecular complexity index is 136. The van der Waals surface area contributed by atoms with E-state index in [0.29, 0.717) is 5.92 Å². The van der Waals surface area contributed by atoms with Gasteiger partial charge in [0.1, 0.15) is 0 Å². The zero-order chi connectivity index (χ0) is 10.6. The largest absolute Gasteiger partial charge is 0.392 e. The molecular weight excluding hydrogens is 160 g/mol. The first-order valence-electron chi connectivity index (χ1n) is 5.45. The summed E-state index contributed by atoms with van der Waals surface area (Å²) < 4.78 is 0. The molecule has 0 saturated heterocycles. The Balaban J connectivity index is 4.06. The topological polar surface area (TPSA) is 20.2 Å². The maximum absolute atomic E-state index is 9.97. The molecule has 0 aromatic rings. The van der Waals surface area contributed by atoms with Gasteiger partial charge in [-0.15, -0.1) is 0 Å². The Hall–Kier alpha value is -0.0400. The zero-order valence-corrected chi connectivity index (χ0v) is 10.1. The average molecular weight is 186 g/mol. The van der Waals surface area contributed by atoms with Crippen LogP contribution in [0.4, 0.5) is 0 Å². The van der Waals surface area contributed by atoms with Gasteiger partial charge in [-0.1, -0.05) is 48.0 Å². The lowest BCUT2D eigenvalue weighted by atomic mass is 9.76. The lowest BCUT2D eigenvalue weighted by Crippen LogP contribution is -2.33. The minimum absolute atomic E-state index is 0.0679. The second-order valence-corrected chi connectivity index (χ2v) is 5.61. The first-order chi connectivity index (χ1) is 5.77.